The summed E-state index contributed by atoms with van der Waals surface area (Å²) >= 11 is 7.50. The summed E-state index contributed by atoms with van der Waals surface area (Å²) in [6.07, 6.45) is 1.54. The average molecular weight is 243 g/mol. The molecule has 80 valence electrons. The van der Waals surface area contributed by atoms with E-state index in [0.717, 1.165) is 4.88 Å². The third-order valence-corrected chi connectivity index (χ3v) is 3.71. The Morgan fingerprint density at radius 3 is 2.80 bits per heavy atom. The van der Waals surface area contributed by atoms with E-state index in [-0.39, 0.29) is 0 Å². The number of thiophene rings is 1. The van der Waals surface area contributed by atoms with Gasteiger partial charge in [0.15, 0.2) is 0 Å². The maximum atomic E-state index is 10.5. The SMILES string of the molecule is Cn1ncc(Cl)c1C(C)(O)c1cccs1. The van der Waals surface area contributed by atoms with Gasteiger partial charge in [-0.05, 0) is 18.4 Å². The lowest BCUT2D eigenvalue weighted by molar-refractivity contribution is 0.0969. The summed E-state index contributed by atoms with van der Waals surface area (Å²) in [5.74, 6) is 0. The van der Waals surface area contributed by atoms with Crippen LogP contribution in [0.1, 0.15) is 17.5 Å². The van der Waals surface area contributed by atoms with Gasteiger partial charge < -0.3 is 5.11 Å². The maximum Gasteiger partial charge on any atom is 0.139 e. The first-order valence-corrected chi connectivity index (χ1v) is 5.73. The van der Waals surface area contributed by atoms with Crippen LogP contribution >= 0.6 is 22.9 Å². The summed E-state index contributed by atoms with van der Waals surface area (Å²) in [4.78, 5) is 0.855. The minimum absolute atomic E-state index is 0.482. The second kappa shape index (κ2) is 3.63. The standard InChI is InChI=1S/C10H11ClN2OS/c1-10(14,8-4-3-5-15-8)9-7(11)6-12-13(9)2/h3-6,14H,1-2H3. The number of hydrogen-bond acceptors (Lipinski definition) is 3. The highest BCUT2D eigenvalue weighted by Gasteiger charge is 2.32. The molecular formula is C10H11ClN2OS. The van der Waals surface area contributed by atoms with Crippen LogP contribution in [-0.2, 0) is 12.6 Å². The van der Waals surface area contributed by atoms with Crippen molar-refractivity contribution in [2.24, 2.45) is 7.05 Å². The Morgan fingerprint density at radius 2 is 2.33 bits per heavy atom. The Labute approximate surface area is 96.9 Å². The van der Waals surface area contributed by atoms with Crippen LogP contribution in [-0.4, -0.2) is 14.9 Å². The number of rotatable bonds is 2. The van der Waals surface area contributed by atoms with Crippen molar-refractivity contribution >= 4 is 22.9 Å². The van der Waals surface area contributed by atoms with Gasteiger partial charge in [0.2, 0.25) is 0 Å². The molecule has 2 heterocycles. The van der Waals surface area contributed by atoms with E-state index in [0.29, 0.717) is 10.7 Å². The largest absolute Gasteiger partial charge is 0.378 e. The van der Waals surface area contributed by atoms with Gasteiger partial charge in [-0.25, -0.2) is 0 Å². The van der Waals surface area contributed by atoms with Gasteiger partial charge in [0, 0.05) is 11.9 Å². The van der Waals surface area contributed by atoms with Crippen molar-refractivity contribution < 1.29 is 5.11 Å². The van der Waals surface area contributed by atoms with Crippen LogP contribution in [0.25, 0.3) is 0 Å². The Balaban J connectivity index is 2.55. The third-order valence-electron chi connectivity index (χ3n) is 2.36. The summed E-state index contributed by atoms with van der Waals surface area (Å²) in [6.45, 7) is 1.72. The molecule has 5 heteroatoms. The lowest BCUT2D eigenvalue weighted by Crippen LogP contribution is -2.25. The highest BCUT2D eigenvalue weighted by Crippen LogP contribution is 2.35. The van der Waals surface area contributed by atoms with Crippen LogP contribution in [0.15, 0.2) is 23.7 Å². The van der Waals surface area contributed by atoms with Crippen molar-refractivity contribution in [2.75, 3.05) is 0 Å². The Kier molecular flexibility index (Phi) is 2.58. The molecule has 0 bridgehead atoms. The molecule has 1 atom stereocenters. The minimum Gasteiger partial charge on any atom is -0.378 e. The third kappa shape index (κ3) is 1.69. The molecule has 1 N–H and O–H groups in total. The van der Waals surface area contributed by atoms with Gasteiger partial charge in [0.25, 0.3) is 0 Å². The van der Waals surface area contributed by atoms with Crippen molar-refractivity contribution in [1.29, 1.82) is 0 Å². The summed E-state index contributed by atoms with van der Waals surface area (Å²) < 4.78 is 1.60. The molecule has 0 aliphatic carbocycles. The zero-order chi connectivity index (χ0) is 11.1. The summed E-state index contributed by atoms with van der Waals surface area (Å²) in [6, 6.07) is 3.78. The quantitative estimate of drug-likeness (QED) is 0.878. The normalized spacial score (nSPS) is 15.2. The Hall–Kier alpha value is -0.840. The smallest absolute Gasteiger partial charge is 0.139 e. The molecule has 0 aliphatic heterocycles. The van der Waals surface area contributed by atoms with Crippen LogP contribution in [0.4, 0.5) is 0 Å². The van der Waals surface area contributed by atoms with Gasteiger partial charge in [0.1, 0.15) is 5.60 Å². The van der Waals surface area contributed by atoms with E-state index in [1.807, 2.05) is 17.5 Å². The number of halogens is 1. The first-order chi connectivity index (χ1) is 7.03. The number of aryl methyl sites for hydroxylation is 1. The van der Waals surface area contributed by atoms with Crippen molar-refractivity contribution in [3.05, 3.63) is 39.3 Å². The van der Waals surface area contributed by atoms with Gasteiger partial charge in [-0.15, -0.1) is 11.3 Å². The minimum atomic E-state index is -1.09. The van der Waals surface area contributed by atoms with E-state index in [1.54, 1.807) is 24.9 Å². The topological polar surface area (TPSA) is 38.0 Å². The molecule has 3 nitrogen and oxygen atoms in total. The van der Waals surface area contributed by atoms with Gasteiger partial charge in [0.05, 0.1) is 16.9 Å². The number of nitrogens with zero attached hydrogens (tertiary/aromatic N) is 2. The molecule has 0 saturated carbocycles. The molecule has 0 aromatic carbocycles. The molecule has 2 aromatic heterocycles. The maximum absolute atomic E-state index is 10.5. The van der Waals surface area contributed by atoms with Crippen molar-refractivity contribution in [3.8, 4) is 0 Å². The summed E-state index contributed by atoms with van der Waals surface area (Å²) in [5.41, 5.74) is -0.470. The summed E-state index contributed by atoms with van der Waals surface area (Å²) in [5, 5.41) is 16.9. The molecule has 0 amide bonds. The zero-order valence-corrected chi connectivity index (χ0v) is 10.0. The molecule has 0 aliphatic rings. The van der Waals surface area contributed by atoms with Crippen LogP contribution in [0.3, 0.4) is 0 Å². The van der Waals surface area contributed by atoms with Crippen LogP contribution in [0.2, 0.25) is 5.02 Å². The highest BCUT2D eigenvalue weighted by molar-refractivity contribution is 7.10. The van der Waals surface area contributed by atoms with Gasteiger partial charge >= 0.3 is 0 Å². The van der Waals surface area contributed by atoms with Crippen LogP contribution in [0.5, 0.6) is 0 Å². The molecule has 0 spiro atoms. The molecule has 0 saturated heterocycles. The lowest BCUT2D eigenvalue weighted by atomic mass is 10.0. The van der Waals surface area contributed by atoms with E-state index in [1.165, 1.54) is 11.3 Å². The van der Waals surface area contributed by atoms with Crippen LogP contribution < -0.4 is 0 Å². The lowest BCUT2D eigenvalue weighted by Gasteiger charge is -2.22. The van der Waals surface area contributed by atoms with Crippen molar-refractivity contribution in [1.82, 2.24) is 9.78 Å². The monoisotopic (exact) mass is 242 g/mol. The highest BCUT2D eigenvalue weighted by atomic mass is 35.5. The average Bonchev–Trinajstić information content (AvgIpc) is 2.75. The van der Waals surface area contributed by atoms with E-state index in [9.17, 15) is 5.11 Å². The van der Waals surface area contributed by atoms with E-state index in [4.69, 9.17) is 11.6 Å². The fourth-order valence-corrected chi connectivity index (χ4v) is 2.77. The van der Waals surface area contributed by atoms with Crippen LogP contribution in [0, 0.1) is 0 Å². The molecule has 0 radical (unpaired) electrons. The van der Waals surface area contributed by atoms with Gasteiger partial charge in [-0.1, -0.05) is 17.7 Å². The first kappa shape index (κ1) is 10.7. The first-order valence-electron chi connectivity index (χ1n) is 4.48. The molecule has 0 fully saturated rings. The van der Waals surface area contributed by atoms with Gasteiger partial charge in [-0.2, -0.15) is 5.10 Å². The van der Waals surface area contributed by atoms with Gasteiger partial charge in [-0.3, -0.25) is 4.68 Å². The fourth-order valence-electron chi connectivity index (χ4n) is 1.63. The van der Waals surface area contributed by atoms with Crippen molar-refractivity contribution in [3.63, 3.8) is 0 Å². The Morgan fingerprint density at radius 1 is 1.60 bits per heavy atom. The summed E-state index contributed by atoms with van der Waals surface area (Å²) in [7, 11) is 1.77. The van der Waals surface area contributed by atoms with E-state index >= 15 is 0 Å². The fraction of sp³-hybridized carbons (Fsp3) is 0.300. The molecule has 2 aromatic rings. The zero-order valence-electron chi connectivity index (χ0n) is 8.44. The predicted octanol–water partition coefficient (Wildman–Crippen LogP) is 2.39. The van der Waals surface area contributed by atoms with Crippen molar-refractivity contribution in [2.45, 2.75) is 12.5 Å². The number of aliphatic hydroxyl groups is 1. The molecule has 1 unspecified atom stereocenters. The second-order valence-electron chi connectivity index (χ2n) is 3.51. The number of hydrogen-bond donors (Lipinski definition) is 1. The van der Waals surface area contributed by atoms with E-state index < -0.39 is 5.60 Å². The molecule has 15 heavy (non-hydrogen) atoms. The number of aromatic nitrogens is 2. The second-order valence-corrected chi connectivity index (χ2v) is 4.87. The predicted molar refractivity (Wildman–Crippen MR) is 61.2 cm³/mol. The molecular weight excluding hydrogens is 232 g/mol. The molecule has 2 rings (SSSR count). The van der Waals surface area contributed by atoms with E-state index in [2.05, 4.69) is 5.10 Å². The Bertz CT molecular complexity index is 442.